The smallest absolute Gasteiger partial charge is 0.136 e. The first-order valence-corrected chi connectivity index (χ1v) is 10.0. The molecule has 1 aliphatic carbocycles. The van der Waals surface area contributed by atoms with E-state index in [9.17, 15) is 5.11 Å². The van der Waals surface area contributed by atoms with Crippen molar-refractivity contribution in [3.63, 3.8) is 0 Å². The zero-order chi connectivity index (χ0) is 17.9. The van der Waals surface area contributed by atoms with Crippen LogP contribution in [0.4, 0.5) is 5.82 Å². The Kier molecular flexibility index (Phi) is 5.38. The topological polar surface area (TPSA) is 74.4 Å². The first kappa shape index (κ1) is 17.7. The molecule has 2 aromatic rings. The third-order valence-electron chi connectivity index (χ3n) is 5.92. The second-order valence-corrected chi connectivity index (χ2v) is 7.80. The predicted molar refractivity (Wildman–Crippen MR) is 106 cm³/mol. The number of rotatable bonds is 4. The lowest BCUT2D eigenvalue weighted by Crippen LogP contribution is -2.47. The van der Waals surface area contributed by atoms with Gasteiger partial charge in [0.1, 0.15) is 12.0 Å². The number of hydrogen-bond donors (Lipinski definition) is 3. The van der Waals surface area contributed by atoms with E-state index in [4.69, 9.17) is 10.7 Å². The van der Waals surface area contributed by atoms with E-state index >= 15 is 0 Å². The number of aromatic nitrogens is 1. The van der Waals surface area contributed by atoms with Gasteiger partial charge in [-0.25, -0.2) is 4.98 Å². The van der Waals surface area contributed by atoms with Crippen LogP contribution < -0.4 is 16.0 Å². The van der Waals surface area contributed by atoms with E-state index in [0.29, 0.717) is 12.1 Å². The number of nitrogens with zero attached hydrogens (tertiary/aromatic N) is 2. The summed E-state index contributed by atoms with van der Waals surface area (Å²) in [7, 11) is 0. The lowest BCUT2D eigenvalue weighted by molar-refractivity contribution is 0.186. The second kappa shape index (κ2) is 7.91. The molecule has 1 unspecified atom stereocenters. The Bertz CT molecular complexity index is 734. The molecule has 1 saturated heterocycles. The number of anilines is 1. The molecule has 5 nitrogen and oxygen atoms in total. The normalized spacial score (nSPS) is 21.2. The number of aliphatic hydroxyl groups is 1. The summed E-state index contributed by atoms with van der Waals surface area (Å²) in [5.74, 6) is 0.842. The standard InChI is InChI=1S/C21H30N4O/c22-20(26)18-14-15-6-4-5-9-19(15)24-21(18)25-12-10-17(11-13-25)23-16-7-2-1-3-8-16/h4-6,9,14,16-17,20,23,26H,1-3,7-8,10-13,22H2. The van der Waals surface area contributed by atoms with Crippen LogP contribution in [0.15, 0.2) is 30.3 Å². The van der Waals surface area contributed by atoms with Crippen LogP contribution in [0.5, 0.6) is 0 Å². The SMILES string of the molecule is NC(O)c1cc2ccccc2nc1N1CCC(NC2CCCCC2)CC1. The Morgan fingerprint density at radius 1 is 1.04 bits per heavy atom. The Morgan fingerprint density at radius 3 is 2.46 bits per heavy atom. The van der Waals surface area contributed by atoms with Crippen molar-refractivity contribution in [1.29, 1.82) is 0 Å². The summed E-state index contributed by atoms with van der Waals surface area (Å²) in [5, 5.41) is 15.0. The van der Waals surface area contributed by atoms with Gasteiger partial charge in [0, 0.05) is 36.1 Å². The maximum Gasteiger partial charge on any atom is 0.136 e. The molecule has 2 heterocycles. The molecule has 5 heteroatoms. The van der Waals surface area contributed by atoms with Gasteiger partial charge in [-0.2, -0.15) is 0 Å². The van der Waals surface area contributed by atoms with Gasteiger partial charge in [-0.1, -0.05) is 37.5 Å². The number of nitrogens with one attached hydrogen (secondary N) is 1. The summed E-state index contributed by atoms with van der Waals surface area (Å²) < 4.78 is 0. The lowest BCUT2D eigenvalue weighted by atomic mass is 9.93. The minimum atomic E-state index is -1.000. The van der Waals surface area contributed by atoms with Crippen molar-refractivity contribution in [2.45, 2.75) is 63.3 Å². The van der Waals surface area contributed by atoms with Gasteiger partial charge in [0.25, 0.3) is 0 Å². The van der Waals surface area contributed by atoms with Gasteiger partial charge in [-0.15, -0.1) is 0 Å². The number of benzene rings is 1. The van der Waals surface area contributed by atoms with Gasteiger partial charge in [0.15, 0.2) is 0 Å². The quantitative estimate of drug-likeness (QED) is 0.736. The molecule has 1 atom stereocenters. The van der Waals surface area contributed by atoms with Crippen molar-refractivity contribution in [3.8, 4) is 0 Å². The molecule has 1 aromatic carbocycles. The first-order chi connectivity index (χ1) is 12.7. The highest BCUT2D eigenvalue weighted by Crippen LogP contribution is 2.29. The maximum atomic E-state index is 10.1. The molecule has 140 valence electrons. The van der Waals surface area contributed by atoms with Gasteiger partial charge < -0.3 is 21.1 Å². The number of aliphatic hydroxyl groups excluding tert-OH is 1. The maximum absolute atomic E-state index is 10.1. The summed E-state index contributed by atoms with van der Waals surface area (Å²) in [6.45, 7) is 1.91. The summed E-state index contributed by atoms with van der Waals surface area (Å²) in [6.07, 6.45) is 8.03. The fourth-order valence-electron chi connectivity index (χ4n) is 4.45. The predicted octanol–water partition coefficient (Wildman–Crippen LogP) is 3.08. The van der Waals surface area contributed by atoms with Gasteiger partial charge in [0.05, 0.1) is 5.52 Å². The molecule has 4 N–H and O–H groups in total. The van der Waals surface area contributed by atoms with Crippen LogP contribution in [0.25, 0.3) is 10.9 Å². The molecule has 26 heavy (non-hydrogen) atoms. The molecule has 1 aliphatic heterocycles. The second-order valence-electron chi connectivity index (χ2n) is 7.80. The molecular formula is C21H30N4O. The van der Waals surface area contributed by atoms with Crippen LogP contribution in [-0.2, 0) is 0 Å². The fraction of sp³-hybridized carbons (Fsp3) is 0.571. The van der Waals surface area contributed by atoms with Crippen molar-refractivity contribution in [2.75, 3.05) is 18.0 Å². The monoisotopic (exact) mass is 354 g/mol. The largest absolute Gasteiger partial charge is 0.374 e. The molecule has 4 rings (SSSR count). The Morgan fingerprint density at radius 2 is 1.73 bits per heavy atom. The number of fused-ring (bicyclic) bond motifs is 1. The average molecular weight is 354 g/mol. The van der Waals surface area contributed by atoms with Crippen LogP contribution in [-0.4, -0.2) is 35.3 Å². The average Bonchev–Trinajstić information content (AvgIpc) is 2.68. The number of hydrogen-bond acceptors (Lipinski definition) is 5. The minimum absolute atomic E-state index is 0.598. The summed E-state index contributed by atoms with van der Waals surface area (Å²) in [6, 6.07) is 11.3. The molecule has 0 amide bonds. The highest BCUT2D eigenvalue weighted by atomic mass is 16.3. The molecule has 0 spiro atoms. The van der Waals surface area contributed by atoms with E-state index in [-0.39, 0.29) is 0 Å². The van der Waals surface area contributed by atoms with Crippen molar-refractivity contribution < 1.29 is 5.11 Å². The fourth-order valence-corrected chi connectivity index (χ4v) is 4.45. The molecular weight excluding hydrogens is 324 g/mol. The van der Waals surface area contributed by atoms with E-state index in [0.717, 1.165) is 48.2 Å². The third kappa shape index (κ3) is 3.85. The van der Waals surface area contributed by atoms with E-state index in [1.54, 1.807) is 0 Å². The van der Waals surface area contributed by atoms with Crippen LogP contribution in [0.3, 0.4) is 0 Å². The first-order valence-electron chi connectivity index (χ1n) is 10.0. The van der Waals surface area contributed by atoms with Gasteiger partial charge in [-0.05, 0) is 37.8 Å². The van der Waals surface area contributed by atoms with Crippen molar-refractivity contribution in [1.82, 2.24) is 10.3 Å². The van der Waals surface area contributed by atoms with Crippen LogP contribution >= 0.6 is 0 Å². The number of nitrogens with two attached hydrogens (primary N) is 1. The van der Waals surface area contributed by atoms with E-state index < -0.39 is 6.23 Å². The molecule has 1 saturated carbocycles. The highest BCUT2D eigenvalue weighted by molar-refractivity contribution is 5.82. The highest BCUT2D eigenvalue weighted by Gasteiger charge is 2.25. The number of piperidine rings is 1. The van der Waals surface area contributed by atoms with Gasteiger partial charge >= 0.3 is 0 Å². The van der Waals surface area contributed by atoms with Crippen molar-refractivity contribution in [2.24, 2.45) is 5.73 Å². The Hall–Kier alpha value is -1.69. The molecule has 0 radical (unpaired) electrons. The molecule has 2 fully saturated rings. The zero-order valence-corrected chi connectivity index (χ0v) is 15.4. The van der Waals surface area contributed by atoms with Crippen molar-refractivity contribution >= 4 is 16.7 Å². The van der Waals surface area contributed by atoms with Crippen LogP contribution in [0, 0.1) is 0 Å². The molecule has 0 bridgehead atoms. The molecule has 2 aliphatic rings. The summed E-state index contributed by atoms with van der Waals surface area (Å²) >= 11 is 0. The van der Waals surface area contributed by atoms with Crippen molar-refractivity contribution in [3.05, 3.63) is 35.9 Å². The van der Waals surface area contributed by atoms with E-state index in [1.165, 1.54) is 32.1 Å². The van der Waals surface area contributed by atoms with Crippen LogP contribution in [0.1, 0.15) is 56.7 Å². The van der Waals surface area contributed by atoms with Gasteiger partial charge in [-0.3, -0.25) is 0 Å². The summed E-state index contributed by atoms with van der Waals surface area (Å²) in [5.41, 5.74) is 7.52. The van der Waals surface area contributed by atoms with Gasteiger partial charge in [0.2, 0.25) is 0 Å². The number of para-hydroxylation sites is 1. The summed E-state index contributed by atoms with van der Waals surface area (Å²) in [4.78, 5) is 7.11. The third-order valence-corrected chi connectivity index (χ3v) is 5.92. The molecule has 1 aromatic heterocycles. The lowest BCUT2D eigenvalue weighted by Gasteiger charge is -2.37. The minimum Gasteiger partial charge on any atom is -0.374 e. The van der Waals surface area contributed by atoms with E-state index in [2.05, 4.69) is 10.2 Å². The zero-order valence-electron chi connectivity index (χ0n) is 15.4. The van der Waals surface area contributed by atoms with E-state index in [1.807, 2.05) is 30.3 Å². The Balaban J connectivity index is 1.47. The Labute approximate surface area is 155 Å². The number of pyridine rings is 1. The van der Waals surface area contributed by atoms with Crippen LogP contribution in [0.2, 0.25) is 0 Å².